The summed E-state index contributed by atoms with van der Waals surface area (Å²) in [5, 5.41) is 0.402. The van der Waals surface area contributed by atoms with Crippen molar-refractivity contribution in [2.45, 2.75) is 18.7 Å². The number of sulfonamides is 1. The summed E-state index contributed by atoms with van der Waals surface area (Å²) in [6.07, 6.45) is 0. The molecule has 2 aromatic rings. The lowest BCUT2D eigenvalue weighted by Gasteiger charge is -2.24. The van der Waals surface area contributed by atoms with Gasteiger partial charge in [0.2, 0.25) is 0 Å². The number of ether oxygens (including phenoxy) is 2. The van der Waals surface area contributed by atoms with E-state index in [4.69, 9.17) is 16.3 Å². The molecule has 0 unspecified atom stereocenters. The summed E-state index contributed by atoms with van der Waals surface area (Å²) in [6, 6.07) is 10.8. The average molecular weight is 398 g/mol. The summed E-state index contributed by atoms with van der Waals surface area (Å²) in [5.74, 6) is -0.124. The van der Waals surface area contributed by atoms with Crippen LogP contribution in [0.3, 0.4) is 0 Å². The number of anilines is 1. The molecule has 6 nitrogen and oxygen atoms in total. The van der Waals surface area contributed by atoms with E-state index >= 15 is 0 Å². The third kappa shape index (κ3) is 4.47. The van der Waals surface area contributed by atoms with E-state index in [2.05, 4.69) is 4.74 Å². The Bertz CT molecular complexity index is 881. The van der Waals surface area contributed by atoms with E-state index in [0.29, 0.717) is 17.4 Å². The van der Waals surface area contributed by atoms with Crippen LogP contribution in [0.5, 0.6) is 5.75 Å². The van der Waals surface area contributed by atoms with Crippen molar-refractivity contribution in [3.05, 3.63) is 53.1 Å². The van der Waals surface area contributed by atoms with Crippen molar-refractivity contribution in [1.29, 1.82) is 0 Å². The fourth-order valence-electron chi connectivity index (χ4n) is 2.24. The highest BCUT2D eigenvalue weighted by Gasteiger charge is 2.28. The average Bonchev–Trinajstić information content (AvgIpc) is 2.62. The van der Waals surface area contributed by atoms with Gasteiger partial charge in [0.05, 0.1) is 24.3 Å². The van der Waals surface area contributed by atoms with Crippen molar-refractivity contribution >= 4 is 33.3 Å². The smallest absolute Gasteiger partial charge is 0.326 e. The second kappa shape index (κ2) is 8.42. The number of aryl methyl sites for hydroxylation is 1. The molecule has 2 rings (SSSR count). The lowest BCUT2D eigenvalue weighted by molar-refractivity contribution is -0.138. The van der Waals surface area contributed by atoms with Gasteiger partial charge in [-0.05, 0) is 55.8 Å². The number of carbonyl (C=O) groups is 1. The van der Waals surface area contributed by atoms with Crippen LogP contribution in [0.25, 0.3) is 0 Å². The van der Waals surface area contributed by atoms with E-state index in [1.165, 1.54) is 25.3 Å². The maximum Gasteiger partial charge on any atom is 0.326 e. The lowest BCUT2D eigenvalue weighted by atomic mass is 10.2. The van der Waals surface area contributed by atoms with Crippen molar-refractivity contribution in [2.24, 2.45) is 0 Å². The van der Waals surface area contributed by atoms with E-state index in [9.17, 15) is 13.2 Å². The molecule has 0 aliphatic heterocycles. The van der Waals surface area contributed by atoms with Crippen molar-refractivity contribution in [1.82, 2.24) is 0 Å². The zero-order chi connectivity index (χ0) is 19.3. The number of hydrogen-bond donors (Lipinski definition) is 0. The number of rotatable bonds is 7. The first-order valence-electron chi connectivity index (χ1n) is 7.88. The van der Waals surface area contributed by atoms with Gasteiger partial charge in [-0.2, -0.15) is 0 Å². The highest BCUT2D eigenvalue weighted by atomic mass is 35.5. The number of nitrogens with zero attached hydrogens (tertiary/aromatic N) is 1. The van der Waals surface area contributed by atoms with Gasteiger partial charge in [-0.1, -0.05) is 17.7 Å². The van der Waals surface area contributed by atoms with E-state index in [0.717, 1.165) is 9.87 Å². The fourth-order valence-corrected chi connectivity index (χ4v) is 3.81. The Hall–Kier alpha value is -2.25. The molecular formula is C18H20ClNO5S. The molecule has 0 atom stereocenters. The highest BCUT2D eigenvalue weighted by molar-refractivity contribution is 7.92. The van der Waals surface area contributed by atoms with Crippen LogP contribution in [0.4, 0.5) is 5.69 Å². The fraction of sp³-hybridized carbons (Fsp3) is 0.278. The van der Waals surface area contributed by atoms with Crippen LogP contribution in [-0.2, 0) is 19.6 Å². The van der Waals surface area contributed by atoms with Crippen molar-refractivity contribution in [3.8, 4) is 5.75 Å². The first-order chi connectivity index (χ1) is 12.3. The third-order valence-electron chi connectivity index (χ3n) is 3.67. The van der Waals surface area contributed by atoms with Crippen LogP contribution in [0, 0.1) is 6.92 Å². The molecule has 0 N–H and O–H groups in total. The van der Waals surface area contributed by atoms with Gasteiger partial charge in [0.15, 0.2) is 0 Å². The second-order valence-corrected chi connectivity index (χ2v) is 7.70. The van der Waals surface area contributed by atoms with E-state index in [1.54, 1.807) is 31.2 Å². The van der Waals surface area contributed by atoms with Crippen LogP contribution < -0.4 is 9.04 Å². The van der Waals surface area contributed by atoms with Crippen molar-refractivity contribution in [3.63, 3.8) is 0 Å². The Morgan fingerprint density at radius 1 is 1.15 bits per heavy atom. The largest absolute Gasteiger partial charge is 0.494 e. The predicted molar refractivity (Wildman–Crippen MR) is 100 cm³/mol. The van der Waals surface area contributed by atoms with E-state index in [1.807, 2.05) is 6.92 Å². The number of benzene rings is 2. The van der Waals surface area contributed by atoms with Crippen LogP contribution in [-0.4, -0.2) is 34.6 Å². The Morgan fingerprint density at radius 2 is 1.81 bits per heavy atom. The summed E-state index contributed by atoms with van der Waals surface area (Å²) in [5.41, 5.74) is 1.08. The molecule has 0 spiro atoms. The zero-order valence-corrected chi connectivity index (χ0v) is 16.3. The first kappa shape index (κ1) is 20.1. The Labute approximate surface area is 158 Å². The molecule has 0 fully saturated rings. The molecule has 0 aromatic heterocycles. The minimum Gasteiger partial charge on any atom is -0.494 e. The molecule has 0 saturated carbocycles. The summed E-state index contributed by atoms with van der Waals surface area (Å²) in [6.45, 7) is 3.65. The normalized spacial score (nSPS) is 11.1. The molecule has 140 valence electrons. The van der Waals surface area contributed by atoms with Crippen molar-refractivity contribution in [2.75, 3.05) is 24.6 Å². The lowest BCUT2D eigenvalue weighted by Crippen LogP contribution is -2.36. The molecule has 0 bridgehead atoms. The minimum absolute atomic E-state index is 0.0292. The molecule has 0 saturated heterocycles. The SMILES string of the molecule is CCOc1ccc(S(=O)(=O)N(CC(=O)OC)c2ccc(C)c(Cl)c2)cc1. The van der Waals surface area contributed by atoms with Gasteiger partial charge < -0.3 is 9.47 Å². The topological polar surface area (TPSA) is 72.9 Å². The van der Waals surface area contributed by atoms with Crippen LogP contribution >= 0.6 is 11.6 Å². The van der Waals surface area contributed by atoms with Gasteiger partial charge in [0, 0.05) is 5.02 Å². The third-order valence-corrected chi connectivity index (χ3v) is 5.86. The molecule has 0 aliphatic rings. The molecule has 0 aliphatic carbocycles. The number of carbonyl (C=O) groups excluding carboxylic acids is 1. The molecule has 0 heterocycles. The van der Waals surface area contributed by atoms with Crippen LogP contribution in [0.2, 0.25) is 5.02 Å². The van der Waals surface area contributed by atoms with Crippen molar-refractivity contribution < 1.29 is 22.7 Å². The summed E-state index contributed by atoms with van der Waals surface area (Å²) < 4.78 is 37.1. The monoisotopic (exact) mass is 397 g/mol. The first-order valence-corrected chi connectivity index (χ1v) is 9.70. The molecular weight excluding hydrogens is 378 g/mol. The highest BCUT2D eigenvalue weighted by Crippen LogP contribution is 2.28. The Balaban J connectivity index is 2.48. The molecule has 26 heavy (non-hydrogen) atoms. The van der Waals surface area contributed by atoms with Gasteiger partial charge in [-0.3, -0.25) is 9.10 Å². The van der Waals surface area contributed by atoms with Gasteiger partial charge in [-0.25, -0.2) is 8.42 Å². The molecule has 2 aromatic carbocycles. The number of hydrogen-bond acceptors (Lipinski definition) is 5. The van der Waals surface area contributed by atoms with Gasteiger partial charge in [-0.15, -0.1) is 0 Å². The Kier molecular flexibility index (Phi) is 6.50. The van der Waals surface area contributed by atoms with E-state index in [-0.39, 0.29) is 10.6 Å². The molecule has 0 radical (unpaired) electrons. The van der Waals surface area contributed by atoms with Crippen LogP contribution in [0.15, 0.2) is 47.4 Å². The Morgan fingerprint density at radius 3 is 2.35 bits per heavy atom. The molecule has 0 amide bonds. The van der Waals surface area contributed by atoms with E-state index < -0.39 is 22.5 Å². The molecule has 8 heteroatoms. The summed E-state index contributed by atoms with van der Waals surface area (Å²) in [4.78, 5) is 11.8. The predicted octanol–water partition coefficient (Wildman–Crippen LogP) is 3.42. The standard InChI is InChI=1S/C18H20ClNO5S/c1-4-25-15-7-9-16(10-8-15)26(22,23)20(12-18(21)24-3)14-6-5-13(2)17(19)11-14/h5-11H,4,12H2,1-3H3. The van der Waals surface area contributed by atoms with Gasteiger partial charge >= 0.3 is 5.97 Å². The maximum atomic E-state index is 13.1. The second-order valence-electron chi connectivity index (χ2n) is 5.43. The van der Waals surface area contributed by atoms with Gasteiger partial charge in [0.1, 0.15) is 12.3 Å². The quantitative estimate of drug-likeness (QED) is 0.669. The summed E-state index contributed by atoms with van der Waals surface area (Å²) in [7, 11) is -2.80. The number of esters is 1. The van der Waals surface area contributed by atoms with Gasteiger partial charge in [0.25, 0.3) is 10.0 Å². The summed E-state index contributed by atoms with van der Waals surface area (Å²) >= 11 is 6.13. The number of halogens is 1. The number of methoxy groups -OCH3 is 1. The zero-order valence-electron chi connectivity index (χ0n) is 14.7. The minimum atomic E-state index is -4.00. The maximum absolute atomic E-state index is 13.1. The van der Waals surface area contributed by atoms with Crippen LogP contribution in [0.1, 0.15) is 12.5 Å².